The first-order chi connectivity index (χ1) is 22.9. The molecule has 0 bridgehead atoms. The highest BCUT2D eigenvalue weighted by Crippen LogP contribution is 2.45. The fraction of sp³-hybridized carbons (Fsp3) is 0.353. The Hall–Kier alpha value is -4.33. The van der Waals surface area contributed by atoms with Gasteiger partial charge in [-0.1, -0.05) is 30.3 Å². The minimum Gasteiger partial charge on any atom is -0.508 e. The first-order valence-electron chi connectivity index (χ1n) is 15.9. The van der Waals surface area contributed by atoms with Crippen LogP contribution >= 0.6 is 23.1 Å². The Morgan fingerprint density at radius 3 is 2.79 bits per heavy atom. The number of phenols is 1. The van der Waals surface area contributed by atoms with E-state index in [1.54, 1.807) is 42.5 Å². The van der Waals surface area contributed by atoms with Crippen LogP contribution in [0.5, 0.6) is 5.75 Å². The van der Waals surface area contributed by atoms with Crippen LogP contribution in [0.1, 0.15) is 33.9 Å². The Balaban J connectivity index is 0.954. The van der Waals surface area contributed by atoms with Gasteiger partial charge in [0, 0.05) is 51.2 Å². The summed E-state index contributed by atoms with van der Waals surface area (Å²) < 4.78 is 0.900. The van der Waals surface area contributed by atoms with Crippen molar-refractivity contribution in [1.82, 2.24) is 35.1 Å². The number of nitrogens with zero attached hydrogens (tertiary/aromatic N) is 6. The molecule has 1 spiro atoms. The standard InChI is InChI=1S/C34H34N8O3S2/c43-23-6-7-24-27(14-23)47-32(39-24)31-40-26(18-46-31)33(45)42-12-9-34(10-13-42)19-41(16-21-4-2-1-3-5-21)17-22(34)15-36-30(44)29-28-25(8-11-35-29)37-20-38-28/h1-8,11,14,20,22,26,43H,9-10,12-13,15-19H2,(H,36,44)(H,37,38)/t22?,26-/m1/s1. The molecule has 2 aromatic carbocycles. The number of nitrogens with one attached hydrogen (secondary N) is 2. The maximum atomic E-state index is 13.7. The molecule has 2 atom stereocenters. The number of aliphatic imine (C=N–C) groups is 1. The van der Waals surface area contributed by atoms with Gasteiger partial charge in [-0.15, -0.1) is 23.1 Å². The summed E-state index contributed by atoms with van der Waals surface area (Å²) in [6, 6.07) is 17.0. The lowest BCUT2D eigenvalue weighted by Crippen LogP contribution is -2.50. The third kappa shape index (κ3) is 5.87. The Bertz CT molecular complexity index is 1990. The molecule has 2 fully saturated rings. The minimum atomic E-state index is -0.421. The van der Waals surface area contributed by atoms with Crippen molar-refractivity contribution in [3.05, 3.63) is 83.4 Å². The highest BCUT2D eigenvalue weighted by molar-refractivity contribution is 8.15. The van der Waals surface area contributed by atoms with Crippen molar-refractivity contribution < 1.29 is 14.7 Å². The van der Waals surface area contributed by atoms with E-state index in [0.29, 0.717) is 36.6 Å². The van der Waals surface area contributed by atoms with Crippen molar-refractivity contribution in [1.29, 1.82) is 0 Å². The van der Waals surface area contributed by atoms with Gasteiger partial charge in [-0.25, -0.2) is 15.0 Å². The fourth-order valence-corrected chi connectivity index (χ4v) is 9.39. The molecule has 0 aliphatic carbocycles. The predicted molar refractivity (Wildman–Crippen MR) is 184 cm³/mol. The van der Waals surface area contributed by atoms with Crippen molar-refractivity contribution in [2.75, 3.05) is 38.5 Å². The summed E-state index contributed by atoms with van der Waals surface area (Å²) in [6.07, 6.45) is 4.95. The number of phenolic OH excluding ortho intramolecular Hbond substituents is 1. The molecule has 3 aliphatic heterocycles. The number of hydrogen-bond donors (Lipinski definition) is 3. The van der Waals surface area contributed by atoms with E-state index in [4.69, 9.17) is 4.99 Å². The summed E-state index contributed by atoms with van der Waals surface area (Å²) in [7, 11) is 0. The Morgan fingerprint density at radius 2 is 1.94 bits per heavy atom. The summed E-state index contributed by atoms with van der Waals surface area (Å²) in [5.74, 6) is 0.902. The molecule has 2 saturated heterocycles. The highest BCUT2D eigenvalue weighted by Gasteiger charge is 2.49. The van der Waals surface area contributed by atoms with E-state index < -0.39 is 6.04 Å². The fourth-order valence-electron chi connectivity index (χ4n) is 7.29. The molecule has 3 aromatic heterocycles. The Kier molecular flexibility index (Phi) is 7.90. The van der Waals surface area contributed by atoms with Crippen molar-refractivity contribution in [2.45, 2.75) is 25.4 Å². The van der Waals surface area contributed by atoms with Crippen LogP contribution in [0.4, 0.5) is 0 Å². The molecule has 6 heterocycles. The van der Waals surface area contributed by atoms with Crippen molar-refractivity contribution in [3.63, 3.8) is 0 Å². The molecule has 240 valence electrons. The molecule has 13 heteroatoms. The lowest BCUT2D eigenvalue weighted by molar-refractivity contribution is -0.134. The highest BCUT2D eigenvalue weighted by atomic mass is 32.2. The number of piperidine rings is 1. The number of likely N-dealkylation sites (tertiary alicyclic amines) is 2. The molecular weight excluding hydrogens is 633 g/mol. The third-order valence-corrected chi connectivity index (χ3v) is 12.0. The quantitative estimate of drug-likeness (QED) is 0.234. The third-order valence-electron chi connectivity index (χ3n) is 9.76. The lowest BCUT2D eigenvalue weighted by atomic mass is 9.70. The number of aromatic nitrogens is 4. The van der Waals surface area contributed by atoms with Gasteiger partial charge in [0.1, 0.15) is 27.4 Å². The average molecular weight is 667 g/mol. The van der Waals surface area contributed by atoms with E-state index in [2.05, 4.69) is 54.4 Å². The van der Waals surface area contributed by atoms with Crippen molar-refractivity contribution in [2.24, 2.45) is 16.3 Å². The van der Waals surface area contributed by atoms with Gasteiger partial charge < -0.3 is 20.3 Å². The van der Waals surface area contributed by atoms with Crippen LogP contribution in [0.25, 0.3) is 21.3 Å². The summed E-state index contributed by atoms with van der Waals surface area (Å²) in [6.45, 7) is 4.52. The van der Waals surface area contributed by atoms with Crippen LogP contribution < -0.4 is 5.32 Å². The lowest BCUT2D eigenvalue weighted by Gasteiger charge is -2.43. The maximum absolute atomic E-state index is 13.7. The molecular formula is C34H34N8O3S2. The molecule has 3 N–H and O–H groups in total. The summed E-state index contributed by atoms with van der Waals surface area (Å²) in [4.78, 5) is 52.7. The molecule has 5 aromatic rings. The molecule has 1 unspecified atom stereocenters. The Labute approximate surface area is 279 Å². The summed E-state index contributed by atoms with van der Waals surface area (Å²) in [5.41, 5.74) is 3.76. The summed E-state index contributed by atoms with van der Waals surface area (Å²) >= 11 is 3.06. The zero-order chi connectivity index (χ0) is 32.0. The van der Waals surface area contributed by atoms with Crippen LogP contribution in [0.2, 0.25) is 0 Å². The van der Waals surface area contributed by atoms with Gasteiger partial charge in [-0.2, -0.15) is 0 Å². The average Bonchev–Trinajstić information content (AvgIpc) is 3.90. The number of rotatable bonds is 7. The van der Waals surface area contributed by atoms with Crippen LogP contribution in [0, 0.1) is 11.3 Å². The smallest absolute Gasteiger partial charge is 0.272 e. The number of thiazole rings is 1. The second-order valence-corrected chi connectivity index (χ2v) is 14.7. The van der Waals surface area contributed by atoms with E-state index >= 15 is 0 Å². The van der Waals surface area contributed by atoms with Crippen LogP contribution in [0.3, 0.4) is 0 Å². The number of pyridine rings is 1. The first kappa shape index (κ1) is 30.0. The maximum Gasteiger partial charge on any atom is 0.272 e. The second-order valence-electron chi connectivity index (χ2n) is 12.6. The molecule has 8 rings (SSSR count). The zero-order valence-electron chi connectivity index (χ0n) is 25.6. The number of H-pyrrole nitrogens is 1. The van der Waals surface area contributed by atoms with E-state index in [1.807, 2.05) is 17.0 Å². The normalized spacial score (nSPS) is 21.1. The number of imidazole rings is 1. The first-order valence-corrected chi connectivity index (χ1v) is 17.7. The number of carbonyl (C=O) groups excluding carboxylic acids is 2. The van der Waals surface area contributed by atoms with E-state index in [-0.39, 0.29) is 28.9 Å². The predicted octanol–water partition coefficient (Wildman–Crippen LogP) is 4.31. The van der Waals surface area contributed by atoms with Gasteiger partial charge in [0.2, 0.25) is 5.91 Å². The molecule has 0 radical (unpaired) electrons. The van der Waals surface area contributed by atoms with E-state index in [9.17, 15) is 14.7 Å². The van der Waals surface area contributed by atoms with Gasteiger partial charge in [0.25, 0.3) is 5.91 Å². The molecule has 2 amide bonds. The van der Waals surface area contributed by atoms with Crippen molar-refractivity contribution >= 4 is 61.2 Å². The number of thioether (sulfide) groups is 1. The number of amides is 2. The number of aromatic amines is 1. The second kappa shape index (κ2) is 12.4. The van der Waals surface area contributed by atoms with Gasteiger partial charge >= 0.3 is 0 Å². The summed E-state index contributed by atoms with van der Waals surface area (Å²) in [5, 5.41) is 14.6. The largest absolute Gasteiger partial charge is 0.508 e. The Morgan fingerprint density at radius 1 is 1.09 bits per heavy atom. The number of aromatic hydroxyl groups is 1. The van der Waals surface area contributed by atoms with Gasteiger partial charge in [-0.3, -0.25) is 19.5 Å². The molecule has 47 heavy (non-hydrogen) atoms. The van der Waals surface area contributed by atoms with Gasteiger partial charge in [-0.05, 0) is 54.0 Å². The number of hydrogen-bond acceptors (Lipinski definition) is 10. The number of fused-ring (bicyclic) bond motifs is 2. The molecule has 0 saturated carbocycles. The van der Waals surface area contributed by atoms with Gasteiger partial charge in [0.15, 0.2) is 5.69 Å². The topological polar surface area (TPSA) is 140 Å². The minimum absolute atomic E-state index is 0.0178. The van der Waals surface area contributed by atoms with Crippen LogP contribution in [0.15, 0.2) is 72.1 Å². The number of carbonyl (C=O) groups is 2. The van der Waals surface area contributed by atoms with Gasteiger partial charge in [0.05, 0.1) is 22.1 Å². The van der Waals surface area contributed by atoms with E-state index in [0.717, 1.165) is 58.3 Å². The molecule has 11 nitrogen and oxygen atoms in total. The monoisotopic (exact) mass is 666 g/mol. The van der Waals surface area contributed by atoms with Crippen LogP contribution in [-0.2, 0) is 11.3 Å². The van der Waals surface area contributed by atoms with Crippen LogP contribution in [-0.4, -0.2) is 96.2 Å². The molecule has 3 aliphatic rings. The van der Waals surface area contributed by atoms with E-state index in [1.165, 1.54) is 16.9 Å². The number of benzene rings is 2. The van der Waals surface area contributed by atoms with Crippen molar-refractivity contribution in [3.8, 4) is 5.75 Å². The SMILES string of the molecule is O=C(NCC1CN(Cc2ccccc2)CC12CCN(C(=O)[C@H]1CSC(c3nc4ccc(O)cc4s3)=N1)CC2)c1nccc2[nH]cnc12. The zero-order valence-corrected chi connectivity index (χ0v) is 27.3.